The number of methoxy groups -OCH3 is 1. The fourth-order valence-electron chi connectivity index (χ4n) is 3.74. The van der Waals surface area contributed by atoms with E-state index in [1.54, 1.807) is 24.3 Å². The van der Waals surface area contributed by atoms with Crippen LogP contribution in [0.5, 0.6) is 0 Å². The van der Waals surface area contributed by atoms with Gasteiger partial charge in [0.1, 0.15) is 17.5 Å². The molecule has 2 aliphatic rings. The summed E-state index contributed by atoms with van der Waals surface area (Å²) >= 11 is 1.28. The number of nitrogens with one attached hydrogen (secondary N) is 1. The molecule has 3 atom stereocenters. The molecule has 2 amide bonds. The minimum atomic E-state index is -0.985. The van der Waals surface area contributed by atoms with E-state index in [9.17, 15) is 19.2 Å². The molecule has 154 valence electrons. The highest BCUT2D eigenvalue weighted by atomic mass is 32.2. The fourth-order valence-corrected chi connectivity index (χ4v) is 4.94. The Balaban J connectivity index is 1.64. The van der Waals surface area contributed by atoms with Crippen LogP contribution in [0.1, 0.15) is 26.3 Å². The molecule has 0 bridgehead atoms. The second-order valence-electron chi connectivity index (χ2n) is 7.09. The van der Waals surface area contributed by atoms with Gasteiger partial charge in [-0.05, 0) is 17.7 Å². The maximum Gasteiger partial charge on any atom is 0.323 e. The Bertz CT molecular complexity index is 975. The summed E-state index contributed by atoms with van der Waals surface area (Å²) in [5.74, 6) is -1.33. The molecule has 0 aromatic heterocycles. The molecule has 2 heterocycles. The first-order chi connectivity index (χ1) is 14.5. The van der Waals surface area contributed by atoms with E-state index in [2.05, 4.69) is 5.32 Å². The molecular weight excluding hydrogens is 404 g/mol. The predicted molar refractivity (Wildman–Crippen MR) is 111 cm³/mol. The van der Waals surface area contributed by atoms with E-state index in [4.69, 9.17) is 4.74 Å². The van der Waals surface area contributed by atoms with Crippen LogP contribution in [0.2, 0.25) is 0 Å². The lowest BCUT2D eigenvalue weighted by Crippen LogP contribution is -2.52. The largest absolute Gasteiger partial charge is 0.468 e. The van der Waals surface area contributed by atoms with Gasteiger partial charge in [0.25, 0.3) is 11.8 Å². The van der Waals surface area contributed by atoms with E-state index in [0.717, 1.165) is 10.5 Å². The monoisotopic (exact) mass is 424 g/mol. The minimum absolute atomic E-state index is 0.201. The molecule has 30 heavy (non-hydrogen) atoms. The van der Waals surface area contributed by atoms with Crippen molar-refractivity contribution in [1.29, 1.82) is 0 Å². The number of imide groups is 1. The summed E-state index contributed by atoms with van der Waals surface area (Å²) in [4.78, 5) is 52.4. The number of thioether (sulfide) groups is 1. The van der Waals surface area contributed by atoms with Crippen LogP contribution in [0.4, 0.5) is 0 Å². The van der Waals surface area contributed by atoms with Gasteiger partial charge in [0.05, 0.1) is 18.2 Å². The number of benzene rings is 2. The minimum Gasteiger partial charge on any atom is -0.468 e. The number of hydrogen-bond donors (Lipinski definition) is 1. The fraction of sp³-hybridized carbons (Fsp3) is 0.273. The quantitative estimate of drug-likeness (QED) is 0.557. The van der Waals surface area contributed by atoms with Gasteiger partial charge in [-0.25, -0.2) is 0 Å². The van der Waals surface area contributed by atoms with Gasteiger partial charge < -0.3 is 4.74 Å². The van der Waals surface area contributed by atoms with Gasteiger partial charge in [-0.1, -0.05) is 42.5 Å². The zero-order chi connectivity index (χ0) is 21.3. The lowest BCUT2D eigenvalue weighted by molar-refractivity contribution is -0.142. The first-order valence-corrected chi connectivity index (χ1v) is 10.6. The average molecular weight is 424 g/mol. The normalized spacial score (nSPS) is 21.4. The second-order valence-corrected chi connectivity index (χ2v) is 8.23. The number of rotatable bonds is 6. The maximum atomic E-state index is 13.5. The van der Waals surface area contributed by atoms with Crippen LogP contribution in [-0.4, -0.2) is 58.8 Å². The van der Waals surface area contributed by atoms with Crippen LogP contribution in [0.15, 0.2) is 54.6 Å². The Morgan fingerprint density at radius 3 is 2.27 bits per heavy atom. The molecule has 8 heteroatoms. The molecule has 1 saturated heterocycles. The zero-order valence-corrected chi connectivity index (χ0v) is 17.1. The number of ether oxygens (including phenoxy) is 1. The Kier molecular flexibility index (Phi) is 5.69. The van der Waals surface area contributed by atoms with Crippen LogP contribution < -0.4 is 5.32 Å². The number of amides is 2. The van der Waals surface area contributed by atoms with Crippen LogP contribution in [0.3, 0.4) is 0 Å². The number of esters is 1. The molecule has 1 N–H and O–H groups in total. The van der Waals surface area contributed by atoms with Crippen molar-refractivity contribution in [2.75, 3.05) is 12.9 Å². The van der Waals surface area contributed by atoms with Gasteiger partial charge >= 0.3 is 5.97 Å². The molecule has 0 saturated carbocycles. The summed E-state index contributed by atoms with van der Waals surface area (Å²) < 4.78 is 4.75. The van der Waals surface area contributed by atoms with Crippen molar-refractivity contribution < 1.29 is 23.9 Å². The van der Waals surface area contributed by atoms with Gasteiger partial charge in [-0.15, -0.1) is 11.8 Å². The van der Waals surface area contributed by atoms with Crippen molar-refractivity contribution in [1.82, 2.24) is 10.2 Å². The summed E-state index contributed by atoms with van der Waals surface area (Å²) in [6.07, 6.45) is 0.201. The average Bonchev–Trinajstić information content (AvgIpc) is 3.36. The number of carbonyl (C=O) groups excluding carboxylic acids is 4. The molecule has 2 aromatic carbocycles. The third kappa shape index (κ3) is 3.64. The Hall–Kier alpha value is -2.97. The van der Waals surface area contributed by atoms with E-state index in [0.29, 0.717) is 16.9 Å². The highest BCUT2D eigenvalue weighted by molar-refractivity contribution is 8.00. The molecule has 7 nitrogen and oxygen atoms in total. The number of nitrogens with zero attached hydrogens (tertiary/aromatic N) is 1. The van der Waals surface area contributed by atoms with Crippen LogP contribution in [-0.2, 0) is 20.7 Å². The Morgan fingerprint density at radius 1 is 1.07 bits per heavy atom. The lowest BCUT2D eigenvalue weighted by Gasteiger charge is -2.27. The third-order valence-electron chi connectivity index (χ3n) is 5.26. The molecular formula is C22H20N2O5S. The van der Waals surface area contributed by atoms with Gasteiger partial charge in [-0.3, -0.25) is 29.4 Å². The number of ketones is 1. The summed E-state index contributed by atoms with van der Waals surface area (Å²) in [5, 5.41) is 2.26. The molecule has 0 aliphatic carbocycles. The van der Waals surface area contributed by atoms with Crippen LogP contribution in [0.25, 0.3) is 0 Å². The molecule has 1 fully saturated rings. The topological polar surface area (TPSA) is 92.8 Å². The molecule has 4 rings (SSSR count). The van der Waals surface area contributed by atoms with Crippen LogP contribution in [0, 0.1) is 0 Å². The number of carbonyl (C=O) groups is 4. The summed E-state index contributed by atoms with van der Waals surface area (Å²) in [6.45, 7) is 0. The first kappa shape index (κ1) is 20.3. The van der Waals surface area contributed by atoms with Crippen molar-refractivity contribution in [3.05, 3.63) is 71.3 Å². The first-order valence-electron chi connectivity index (χ1n) is 9.51. The highest BCUT2D eigenvalue weighted by Gasteiger charge is 2.46. The van der Waals surface area contributed by atoms with Gasteiger partial charge in [0.15, 0.2) is 5.78 Å². The predicted octanol–water partition coefficient (Wildman–Crippen LogP) is 1.67. The highest BCUT2D eigenvalue weighted by Crippen LogP contribution is 2.29. The third-order valence-corrected chi connectivity index (χ3v) is 6.49. The van der Waals surface area contributed by atoms with Crippen molar-refractivity contribution >= 4 is 35.3 Å². The van der Waals surface area contributed by atoms with Gasteiger partial charge in [0, 0.05) is 12.2 Å². The van der Waals surface area contributed by atoms with Crippen molar-refractivity contribution in [3.63, 3.8) is 0 Å². The van der Waals surface area contributed by atoms with E-state index in [1.807, 2.05) is 30.3 Å². The molecule has 0 spiro atoms. The smallest absolute Gasteiger partial charge is 0.323 e. The Labute approximate surface area is 177 Å². The standard InChI is InChI=1S/C22H20N2O5S/c1-29-22(28)16-12-30-19(23-16)18(25)17(11-13-7-3-2-4-8-13)24-20(26)14-9-5-6-10-15(14)21(24)27/h2-10,16-17,19,23H,11-12H2,1H3/t16-,17-,19?/m0/s1. The summed E-state index contributed by atoms with van der Waals surface area (Å²) in [7, 11) is 1.29. The number of hydrogen-bond acceptors (Lipinski definition) is 7. The molecule has 2 aliphatic heterocycles. The van der Waals surface area contributed by atoms with Crippen molar-refractivity contribution in [2.24, 2.45) is 0 Å². The maximum absolute atomic E-state index is 13.5. The number of fused-ring (bicyclic) bond motifs is 1. The van der Waals surface area contributed by atoms with E-state index < -0.39 is 35.2 Å². The zero-order valence-electron chi connectivity index (χ0n) is 16.2. The van der Waals surface area contributed by atoms with Gasteiger partial charge in [-0.2, -0.15) is 0 Å². The number of Topliss-reactive ketones (excluding diaryl/α,β-unsaturated/α-hetero) is 1. The molecule has 1 unspecified atom stereocenters. The SMILES string of the molecule is COC(=O)[C@@H]1CSC(C(=O)[C@H](Cc2ccccc2)N2C(=O)c3ccccc3C2=O)N1. The van der Waals surface area contributed by atoms with E-state index >= 15 is 0 Å². The summed E-state index contributed by atoms with van der Waals surface area (Å²) in [6, 6.07) is 14.2. The van der Waals surface area contributed by atoms with Crippen molar-refractivity contribution in [2.45, 2.75) is 23.9 Å². The second kappa shape index (κ2) is 8.41. The van der Waals surface area contributed by atoms with Crippen molar-refractivity contribution in [3.8, 4) is 0 Å². The lowest BCUT2D eigenvalue weighted by atomic mass is 10.00. The van der Waals surface area contributed by atoms with Crippen LogP contribution >= 0.6 is 11.8 Å². The van der Waals surface area contributed by atoms with E-state index in [1.165, 1.54) is 18.9 Å². The summed E-state index contributed by atoms with van der Waals surface area (Å²) in [5.41, 5.74) is 1.43. The Morgan fingerprint density at radius 2 is 1.67 bits per heavy atom. The van der Waals surface area contributed by atoms with E-state index in [-0.39, 0.29) is 12.2 Å². The molecule has 0 radical (unpaired) electrons. The van der Waals surface area contributed by atoms with Gasteiger partial charge in [0.2, 0.25) is 0 Å². The molecule has 2 aromatic rings.